The molecule has 0 saturated carbocycles. The van der Waals surface area contributed by atoms with Crippen molar-refractivity contribution in [2.24, 2.45) is 22.5 Å². The molecule has 2 atom stereocenters. The minimum atomic E-state index is -0.791. The molecule has 232 valence electrons. The Hall–Kier alpha value is -2.45. The number of rotatable bonds is 14. The number of nitrogens with zero attached hydrogens (tertiary/aromatic N) is 3. The Balaban J connectivity index is 2.04. The zero-order valence-electron chi connectivity index (χ0n) is 26.4. The topological polar surface area (TPSA) is 111 Å². The van der Waals surface area contributed by atoms with Crippen molar-refractivity contribution in [1.29, 1.82) is 0 Å². The number of carbonyl (C=O) groups is 1. The number of hydrogen-bond donors (Lipinski definition) is 1. The maximum atomic E-state index is 11.5. The van der Waals surface area contributed by atoms with E-state index in [-0.39, 0.29) is 36.4 Å². The van der Waals surface area contributed by atoms with Crippen LogP contribution in [0.5, 0.6) is 5.75 Å². The summed E-state index contributed by atoms with van der Waals surface area (Å²) >= 11 is 6.67. The average Bonchev–Trinajstić information content (AvgIpc) is 3.34. The van der Waals surface area contributed by atoms with E-state index < -0.39 is 31.0 Å². The van der Waals surface area contributed by atoms with E-state index in [2.05, 4.69) is 66.7 Å². The van der Waals surface area contributed by atoms with Crippen molar-refractivity contribution in [3.8, 4) is 17.0 Å². The summed E-state index contributed by atoms with van der Waals surface area (Å²) in [7, 11) is -1.49. The highest BCUT2D eigenvalue weighted by atomic mass is 35.5. The molecule has 2 unspecified atom stereocenters. The van der Waals surface area contributed by atoms with Crippen molar-refractivity contribution in [2.45, 2.75) is 86.4 Å². The number of hydrogen-bond acceptors (Lipinski definition) is 7. The highest BCUT2D eigenvalue weighted by Gasteiger charge is 2.47. The molecule has 2 aromatic heterocycles. The minimum Gasteiger partial charge on any atom is -0.490 e. The summed E-state index contributed by atoms with van der Waals surface area (Å²) in [6, 6.07) is 9.91. The van der Waals surface area contributed by atoms with Crippen molar-refractivity contribution < 1.29 is 23.1 Å². The third kappa shape index (κ3) is 8.13. The molecule has 2 N–H and O–H groups in total. The van der Waals surface area contributed by atoms with Crippen LogP contribution in [0.2, 0.25) is 18.1 Å². The summed E-state index contributed by atoms with van der Waals surface area (Å²) in [5, 5.41) is 5.90. The van der Waals surface area contributed by atoms with Crippen LogP contribution in [-0.4, -0.2) is 59.4 Å². The second-order valence-corrected chi connectivity index (χ2v) is 14.7. The number of pyridine rings is 1. The molecule has 0 saturated heterocycles. The van der Waals surface area contributed by atoms with Crippen molar-refractivity contribution in [1.82, 2.24) is 14.8 Å². The molecule has 9 nitrogen and oxygen atoms in total. The SMILES string of the molecule is C[SiH2]OC(O[SiH2]C)C(C)(C)C(CCOC(N)=O)C(Oc1cccc(-c2cc(Cl)c3cnn(C(C)C)c3n2)c1)C(C)(C)C. The van der Waals surface area contributed by atoms with Gasteiger partial charge in [-0.2, -0.15) is 5.10 Å². The van der Waals surface area contributed by atoms with Crippen LogP contribution in [0.25, 0.3) is 22.3 Å². The summed E-state index contributed by atoms with van der Waals surface area (Å²) in [5.74, 6) is 0.600. The lowest BCUT2D eigenvalue weighted by atomic mass is 9.67. The van der Waals surface area contributed by atoms with Gasteiger partial charge in [-0.15, -0.1) is 0 Å². The van der Waals surface area contributed by atoms with Gasteiger partial charge in [-0.25, -0.2) is 14.5 Å². The van der Waals surface area contributed by atoms with Crippen LogP contribution < -0.4 is 10.5 Å². The number of primary amides is 1. The molecule has 1 amide bonds. The highest BCUT2D eigenvalue weighted by molar-refractivity contribution is 6.35. The zero-order valence-corrected chi connectivity index (χ0v) is 30.0. The van der Waals surface area contributed by atoms with Crippen LogP contribution in [0.3, 0.4) is 0 Å². The maximum absolute atomic E-state index is 11.5. The zero-order chi connectivity index (χ0) is 31.2. The van der Waals surface area contributed by atoms with Gasteiger partial charge in [0.15, 0.2) is 25.2 Å². The van der Waals surface area contributed by atoms with Crippen LogP contribution in [0.15, 0.2) is 36.5 Å². The molecule has 12 heteroatoms. The third-order valence-electron chi connectivity index (χ3n) is 7.49. The molecule has 2 heterocycles. The summed E-state index contributed by atoms with van der Waals surface area (Å²) in [4.78, 5) is 16.4. The standard InChI is InChI=1S/C30H47ClN4O5Si2/c1-18(2)35-26-21(17-33-35)23(31)16-24(34-26)19-11-10-12-20(15-19)38-25(29(3,4)5)22(13-14-37-28(32)36)30(6,7)27(39-41-8)40-42-9/h10-12,15-18,22,25,27H,13-14,41-42H2,1-9H3,(H2,32,36). The van der Waals surface area contributed by atoms with E-state index in [0.29, 0.717) is 17.2 Å². The van der Waals surface area contributed by atoms with Gasteiger partial charge in [0.1, 0.15) is 18.1 Å². The van der Waals surface area contributed by atoms with E-state index in [1.807, 2.05) is 35.0 Å². The van der Waals surface area contributed by atoms with Gasteiger partial charge < -0.3 is 24.1 Å². The van der Waals surface area contributed by atoms with E-state index in [4.69, 9.17) is 40.6 Å². The van der Waals surface area contributed by atoms with Gasteiger partial charge in [-0.1, -0.05) is 71.4 Å². The predicted molar refractivity (Wildman–Crippen MR) is 174 cm³/mol. The summed E-state index contributed by atoms with van der Waals surface area (Å²) in [6.45, 7) is 19.3. The van der Waals surface area contributed by atoms with E-state index in [1.54, 1.807) is 6.20 Å². The maximum Gasteiger partial charge on any atom is 0.404 e. The smallest absolute Gasteiger partial charge is 0.404 e. The van der Waals surface area contributed by atoms with Crippen LogP contribution in [0, 0.1) is 16.7 Å². The lowest BCUT2D eigenvalue weighted by Crippen LogP contribution is -2.51. The van der Waals surface area contributed by atoms with Gasteiger partial charge in [-0.05, 0) is 43.9 Å². The molecule has 0 spiro atoms. The van der Waals surface area contributed by atoms with Crippen molar-refractivity contribution >= 4 is 48.3 Å². The summed E-state index contributed by atoms with van der Waals surface area (Å²) in [5.41, 5.74) is 6.94. The molecule has 0 aliphatic rings. The first-order chi connectivity index (χ1) is 19.7. The first-order valence-electron chi connectivity index (χ1n) is 14.7. The Bertz CT molecular complexity index is 1340. The van der Waals surface area contributed by atoms with Crippen LogP contribution in [0.1, 0.15) is 60.9 Å². The van der Waals surface area contributed by atoms with E-state index in [9.17, 15) is 4.79 Å². The molecular formula is C30H47ClN4O5Si2. The highest BCUT2D eigenvalue weighted by Crippen LogP contribution is 2.44. The van der Waals surface area contributed by atoms with Crippen LogP contribution in [0.4, 0.5) is 4.79 Å². The Kier molecular flexibility index (Phi) is 11.6. The van der Waals surface area contributed by atoms with Gasteiger partial charge in [0, 0.05) is 22.9 Å². The number of nitrogens with two attached hydrogens (primary N) is 1. The summed E-state index contributed by atoms with van der Waals surface area (Å²) < 4.78 is 26.5. The quantitative estimate of drug-likeness (QED) is 0.174. The van der Waals surface area contributed by atoms with Crippen molar-refractivity contribution in [3.63, 3.8) is 0 Å². The Morgan fingerprint density at radius 1 is 1.10 bits per heavy atom. The monoisotopic (exact) mass is 634 g/mol. The average molecular weight is 635 g/mol. The number of aromatic nitrogens is 3. The van der Waals surface area contributed by atoms with Gasteiger partial charge in [0.05, 0.1) is 28.9 Å². The fraction of sp³-hybridized carbons (Fsp3) is 0.567. The number of amides is 1. The van der Waals surface area contributed by atoms with Crippen LogP contribution in [-0.2, 0) is 13.6 Å². The number of benzene rings is 1. The second-order valence-electron chi connectivity index (χ2n) is 12.5. The predicted octanol–water partition coefficient (Wildman–Crippen LogP) is 5.88. The van der Waals surface area contributed by atoms with E-state index in [1.165, 1.54) is 0 Å². The Morgan fingerprint density at radius 2 is 1.76 bits per heavy atom. The van der Waals surface area contributed by atoms with Crippen LogP contribution >= 0.6 is 11.6 Å². The molecule has 0 aliphatic heterocycles. The largest absolute Gasteiger partial charge is 0.490 e. The number of fused-ring (bicyclic) bond motifs is 1. The van der Waals surface area contributed by atoms with Crippen molar-refractivity contribution in [2.75, 3.05) is 6.61 Å². The third-order valence-corrected chi connectivity index (χ3v) is 9.07. The lowest BCUT2D eigenvalue weighted by Gasteiger charge is -2.47. The fourth-order valence-corrected chi connectivity index (χ4v) is 7.48. The summed E-state index contributed by atoms with van der Waals surface area (Å²) in [6.07, 6.45) is 0.847. The Morgan fingerprint density at radius 3 is 2.33 bits per heavy atom. The normalized spacial score (nSPS) is 15.2. The van der Waals surface area contributed by atoms with Gasteiger partial charge in [-0.3, -0.25) is 0 Å². The second kappa shape index (κ2) is 14.4. The number of halogens is 1. The molecule has 42 heavy (non-hydrogen) atoms. The van der Waals surface area contributed by atoms with Gasteiger partial charge in [0.2, 0.25) is 0 Å². The number of carbonyl (C=O) groups excluding carboxylic acids is 1. The van der Waals surface area contributed by atoms with E-state index >= 15 is 0 Å². The fourth-order valence-electron chi connectivity index (χ4n) is 5.40. The molecule has 3 aromatic rings. The molecule has 0 fully saturated rings. The first-order valence-corrected chi connectivity index (χ1v) is 19.0. The molecule has 0 aliphatic carbocycles. The van der Waals surface area contributed by atoms with E-state index in [0.717, 1.165) is 22.3 Å². The molecule has 0 bridgehead atoms. The molecule has 1 aromatic carbocycles. The van der Waals surface area contributed by atoms with Crippen molar-refractivity contribution in [3.05, 3.63) is 41.6 Å². The first kappa shape index (κ1) is 34.0. The molecule has 3 rings (SSSR count). The van der Waals surface area contributed by atoms with Gasteiger partial charge >= 0.3 is 6.09 Å². The Labute approximate surface area is 259 Å². The lowest BCUT2D eigenvalue weighted by molar-refractivity contribution is -0.141. The molecular weight excluding hydrogens is 588 g/mol. The van der Waals surface area contributed by atoms with Gasteiger partial charge in [0.25, 0.3) is 0 Å². The molecule has 0 radical (unpaired) electrons. The minimum absolute atomic E-state index is 0.101. The number of ether oxygens (including phenoxy) is 2.